The predicted molar refractivity (Wildman–Crippen MR) is 99.6 cm³/mol. The number of hydrogen-bond acceptors (Lipinski definition) is 5. The lowest BCUT2D eigenvalue weighted by molar-refractivity contribution is 0.448. The third kappa shape index (κ3) is 4.90. The molecule has 2 rings (SSSR count). The molecule has 0 saturated heterocycles. The zero-order chi connectivity index (χ0) is 15.2. The highest BCUT2D eigenvalue weighted by Gasteiger charge is 2.10. The quantitative estimate of drug-likeness (QED) is 0.440. The highest BCUT2D eigenvalue weighted by Crippen LogP contribution is 2.10. The number of hydrogen-bond donors (Lipinski definition) is 1. The number of aromatic nitrogens is 4. The first-order valence-electron chi connectivity index (χ1n) is 6.82. The van der Waals surface area contributed by atoms with Crippen LogP contribution in [0.3, 0.4) is 0 Å². The van der Waals surface area contributed by atoms with Gasteiger partial charge >= 0.3 is 0 Å². The van der Waals surface area contributed by atoms with Gasteiger partial charge in [0.25, 0.3) is 0 Å². The Morgan fingerprint density at radius 3 is 2.82 bits per heavy atom. The second-order valence-electron chi connectivity index (χ2n) is 4.64. The summed E-state index contributed by atoms with van der Waals surface area (Å²) < 4.78 is 1.76. The second-order valence-corrected chi connectivity index (χ2v) is 5.59. The van der Waals surface area contributed by atoms with Crippen LogP contribution < -0.4 is 5.32 Å². The van der Waals surface area contributed by atoms with E-state index >= 15 is 0 Å². The van der Waals surface area contributed by atoms with E-state index in [2.05, 4.69) is 37.7 Å². The fourth-order valence-electron chi connectivity index (χ4n) is 1.90. The molecule has 22 heavy (non-hydrogen) atoms. The summed E-state index contributed by atoms with van der Waals surface area (Å²) in [6.07, 6.45) is 2.53. The second kappa shape index (κ2) is 9.03. The molecular weight excluding hydrogens is 413 g/mol. The van der Waals surface area contributed by atoms with Crippen molar-refractivity contribution in [2.45, 2.75) is 26.4 Å². The van der Waals surface area contributed by atoms with Gasteiger partial charge in [-0.1, -0.05) is 6.92 Å². The van der Waals surface area contributed by atoms with Gasteiger partial charge in [0.2, 0.25) is 0 Å². The smallest absolute Gasteiger partial charge is 0.194 e. The molecule has 1 N–H and O–H groups in total. The van der Waals surface area contributed by atoms with Crippen molar-refractivity contribution in [1.82, 2.24) is 30.0 Å². The topological polar surface area (TPSA) is 71.2 Å². The molecule has 0 radical (unpaired) electrons. The van der Waals surface area contributed by atoms with Crippen LogP contribution in [-0.2, 0) is 26.6 Å². The fraction of sp³-hybridized carbons (Fsp3) is 0.538. The van der Waals surface area contributed by atoms with Gasteiger partial charge in [-0.2, -0.15) is 5.10 Å². The maximum atomic E-state index is 4.54. The van der Waals surface area contributed by atoms with E-state index < -0.39 is 0 Å². The largest absolute Gasteiger partial charge is 0.351 e. The molecule has 0 spiro atoms. The van der Waals surface area contributed by atoms with E-state index in [9.17, 15) is 0 Å². The molecule has 0 bridgehead atoms. The molecule has 2 aromatic heterocycles. The lowest BCUT2D eigenvalue weighted by atomic mass is 10.4. The Morgan fingerprint density at radius 2 is 2.27 bits per heavy atom. The molecule has 0 amide bonds. The summed E-state index contributed by atoms with van der Waals surface area (Å²) in [5.41, 5.74) is 1.05. The Labute approximate surface area is 151 Å². The molecule has 7 nitrogen and oxygen atoms in total. The van der Waals surface area contributed by atoms with Gasteiger partial charge in [0, 0.05) is 26.5 Å². The van der Waals surface area contributed by atoms with Gasteiger partial charge in [-0.15, -0.1) is 35.3 Å². The Hall–Kier alpha value is -1.23. The molecular formula is C13H22IN7S. The van der Waals surface area contributed by atoms with E-state index in [4.69, 9.17) is 0 Å². The van der Waals surface area contributed by atoms with Crippen molar-refractivity contribution in [3.8, 4) is 0 Å². The monoisotopic (exact) mass is 435 g/mol. The number of nitrogens with zero attached hydrogens (tertiary/aromatic N) is 6. The Morgan fingerprint density at radius 1 is 1.50 bits per heavy atom. The van der Waals surface area contributed by atoms with Gasteiger partial charge in [0.15, 0.2) is 5.96 Å². The molecule has 0 atom stereocenters. The van der Waals surface area contributed by atoms with Gasteiger partial charge in [0.1, 0.15) is 12.2 Å². The van der Waals surface area contributed by atoms with Gasteiger partial charge in [0.05, 0.1) is 23.8 Å². The summed E-state index contributed by atoms with van der Waals surface area (Å²) in [6.45, 7) is 3.43. The third-order valence-corrected chi connectivity index (χ3v) is 4.13. The number of halogens is 1. The zero-order valence-electron chi connectivity index (χ0n) is 13.3. The zero-order valence-corrected chi connectivity index (χ0v) is 16.4. The summed E-state index contributed by atoms with van der Waals surface area (Å²) in [4.78, 5) is 15.1. The van der Waals surface area contributed by atoms with Crippen molar-refractivity contribution < 1.29 is 0 Å². The highest BCUT2D eigenvalue weighted by molar-refractivity contribution is 14.0. The first-order valence-corrected chi connectivity index (χ1v) is 7.70. The Bertz CT molecular complexity index is 607. The first-order chi connectivity index (χ1) is 10.1. The standard InChI is InChI=1S/C13H21N7S.HI/c1-5-12-18-10(8-21-12)6-15-13(14-2)19(3)7-11-16-9-17-20(11)4;/h8-9H,5-7H2,1-4H3,(H,14,15);1H. The summed E-state index contributed by atoms with van der Waals surface area (Å²) in [7, 11) is 5.63. The van der Waals surface area contributed by atoms with Crippen LogP contribution in [0.1, 0.15) is 23.4 Å². The van der Waals surface area contributed by atoms with Crippen molar-refractivity contribution >= 4 is 41.3 Å². The minimum absolute atomic E-state index is 0. The van der Waals surface area contributed by atoms with E-state index in [1.165, 1.54) is 0 Å². The molecule has 0 unspecified atom stereocenters. The molecule has 122 valence electrons. The van der Waals surface area contributed by atoms with Gasteiger partial charge in [-0.3, -0.25) is 9.67 Å². The molecule has 2 aromatic rings. The van der Waals surface area contributed by atoms with Crippen LogP contribution in [0, 0.1) is 0 Å². The van der Waals surface area contributed by atoms with Crippen LogP contribution in [0.5, 0.6) is 0 Å². The minimum atomic E-state index is 0. The van der Waals surface area contributed by atoms with E-state index in [1.807, 2.05) is 19.0 Å². The van der Waals surface area contributed by atoms with E-state index in [1.54, 1.807) is 29.4 Å². The average Bonchev–Trinajstić information content (AvgIpc) is 3.09. The van der Waals surface area contributed by atoms with Crippen LogP contribution in [0.2, 0.25) is 0 Å². The molecule has 0 aliphatic heterocycles. The Kier molecular flexibility index (Phi) is 7.73. The number of aryl methyl sites for hydroxylation is 2. The number of aliphatic imine (C=N–C) groups is 1. The minimum Gasteiger partial charge on any atom is -0.351 e. The molecule has 0 fully saturated rings. The summed E-state index contributed by atoms with van der Waals surface area (Å²) in [5.74, 6) is 1.70. The van der Waals surface area contributed by atoms with Crippen molar-refractivity contribution in [2.24, 2.45) is 12.0 Å². The lowest BCUT2D eigenvalue weighted by Gasteiger charge is -2.21. The number of nitrogens with one attached hydrogen (secondary N) is 1. The van der Waals surface area contributed by atoms with Gasteiger partial charge < -0.3 is 10.2 Å². The van der Waals surface area contributed by atoms with Crippen LogP contribution >= 0.6 is 35.3 Å². The first kappa shape index (κ1) is 18.8. The number of guanidine groups is 1. The van der Waals surface area contributed by atoms with Crippen LogP contribution in [0.25, 0.3) is 0 Å². The Balaban J connectivity index is 0.00000242. The van der Waals surface area contributed by atoms with Gasteiger partial charge in [-0.05, 0) is 6.42 Å². The van der Waals surface area contributed by atoms with Crippen LogP contribution in [-0.4, -0.2) is 44.7 Å². The average molecular weight is 435 g/mol. The van der Waals surface area contributed by atoms with Crippen molar-refractivity contribution in [3.63, 3.8) is 0 Å². The molecule has 9 heteroatoms. The van der Waals surface area contributed by atoms with E-state index in [-0.39, 0.29) is 24.0 Å². The molecule has 0 aromatic carbocycles. The molecule has 2 heterocycles. The number of thiazole rings is 1. The molecule has 0 aliphatic rings. The normalized spacial score (nSPS) is 11.2. The summed E-state index contributed by atoms with van der Waals surface area (Å²) >= 11 is 1.70. The van der Waals surface area contributed by atoms with Crippen molar-refractivity contribution in [2.75, 3.05) is 14.1 Å². The summed E-state index contributed by atoms with van der Waals surface area (Å²) in [6, 6.07) is 0. The predicted octanol–water partition coefficient (Wildman–Crippen LogP) is 1.66. The van der Waals surface area contributed by atoms with Crippen LogP contribution in [0.4, 0.5) is 0 Å². The van der Waals surface area contributed by atoms with E-state index in [0.29, 0.717) is 13.1 Å². The number of rotatable bonds is 5. The van der Waals surface area contributed by atoms with Crippen molar-refractivity contribution in [1.29, 1.82) is 0 Å². The van der Waals surface area contributed by atoms with Crippen molar-refractivity contribution in [3.05, 3.63) is 28.2 Å². The maximum Gasteiger partial charge on any atom is 0.194 e. The SMILES string of the molecule is CCc1nc(CNC(=NC)N(C)Cc2ncnn2C)cs1.I. The highest BCUT2D eigenvalue weighted by atomic mass is 127. The summed E-state index contributed by atoms with van der Waals surface area (Å²) in [5, 5.41) is 10.6. The lowest BCUT2D eigenvalue weighted by Crippen LogP contribution is -2.38. The van der Waals surface area contributed by atoms with E-state index in [0.717, 1.165) is 28.9 Å². The maximum absolute atomic E-state index is 4.54. The molecule has 0 aliphatic carbocycles. The molecule has 0 saturated carbocycles. The van der Waals surface area contributed by atoms with Gasteiger partial charge in [-0.25, -0.2) is 9.97 Å². The van der Waals surface area contributed by atoms with Crippen LogP contribution in [0.15, 0.2) is 16.7 Å². The third-order valence-electron chi connectivity index (χ3n) is 3.09. The fourth-order valence-corrected chi connectivity index (χ4v) is 2.64.